The standard InChI is InChI=1S/C17H20N2O2/c1-12-4-6-16(7-5-12)21-11-18-17(20)19-15-9-13(2)8-14(3)10-15/h4-10H,11H2,1-3H3,(H2,18,19,20). The molecule has 2 aromatic carbocycles. The summed E-state index contributed by atoms with van der Waals surface area (Å²) in [7, 11) is 0. The lowest BCUT2D eigenvalue weighted by atomic mass is 10.1. The van der Waals surface area contributed by atoms with Crippen LogP contribution in [0.4, 0.5) is 10.5 Å². The number of carbonyl (C=O) groups excluding carboxylic acids is 1. The van der Waals surface area contributed by atoms with Crippen LogP contribution in [-0.4, -0.2) is 12.8 Å². The van der Waals surface area contributed by atoms with E-state index < -0.39 is 0 Å². The Balaban J connectivity index is 1.80. The number of urea groups is 1. The van der Waals surface area contributed by atoms with E-state index in [-0.39, 0.29) is 12.8 Å². The number of ether oxygens (including phenoxy) is 1. The first-order chi connectivity index (χ1) is 10.0. The molecular weight excluding hydrogens is 264 g/mol. The van der Waals surface area contributed by atoms with Crippen LogP contribution in [0.3, 0.4) is 0 Å². The van der Waals surface area contributed by atoms with Crippen LogP contribution in [0.2, 0.25) is 0 Å². The number of aryl methyl sites for hydroxylation is 3. The number of hydrogen-bond donors (Lipinski definition) is 2. The Bertz CT molecular complexity index is 601. The average molecular weight is 284 g/mol. The van der Waals surface area contributed by atoms with Crippen LogP contribution >= 0.6 is 0 Å². The van der Waals surface area contributed by atoms with Crippen molar-refractivity contribution in [2.45, 2.75) is 20.8 Å². The maximum atomic E-state index is 11.8. The monoisotopic (exact) mass is 284 g/mol. The Morgan fingerprint density at radius 2 is 1.57 bits per heavy atom. The van der Waals surface area contributed by atoms with Gasteiger partial charge in [-0.3, -0.25) is 0 Å². The Morgan fingerprint density at radius 1 is 0.952 bits per heavy atom. The van der Waals surface area contributed by atoms with Crippen molar-refractivity contribution in [3.05, 3.63) is 59.2 Å². The fourth-order valence-corrected chi connectivity index (χ4v) is 2.04. The molecule has 0 aliphatic rings. The van der Waals surface area contributed by atoms with Crippen LogP contribution in [0.1, 0.15) is 16.7 Å². The maximum Gasteiger partial charge on any atom is 0.321 e. The van der Waals surface area contributed by atoms with Crippen molar-refractivity contribution in [1.82, 2.24) is 5.32 Å². The molecule has 2 amide bonds. The Hall–Kier alpha value is -2.49. The molecule has 0 atom stereocenters. The molecule has 0 fully saturated rings. The van der Waals surface area contributed by atoms with E-state index in [0.29, 0.717) is 0 Å². The third-order valence-corrected chi connectivity index (χ3v) is 2.97. The summed E-state index contributed by atoms with van der Waals surface area (Å²) in [5.74, 6) is 0.729. The molecule has 0 aliphatic carbocycles. The normalized spacial score (nSPS) is 10.0. The smallest absolute Gasteiger partial charge is 0.321 e. The molecule has 0 saturated heterocycles. The molecule has 2 rings (SSSR count). The zero-order valence-corrected chi connectivity index (χ0v) is 12.6. The third-order valence-electron chi connectivity index (χ3n) is 2.97. The van der Waals surface area contributed by atoms with Gasteiger partial charge in [-0.1, -0.05) is 23.8 Å². The van der Waals surface area contributed by atoms with Crippen molar-refractivity contribution in [3.8, 4) is 5.75 Å². The van der Waals surface area contributed by atoms with Crippen LogP contribution in [0.15, 0.2) is 42.5 Å². The first-order valence-electron chi connectivity index (χ1n) is 6.85. The molecule has 0 heterocycles. The van der Waals surface area contributed by atoms with E-state index in [1.165, 1.54) is 5.56 Å². The molecule has 0 unspecified atom stereocenters. The summed E-state index contributed by atoms with van der Waals surface area (Å²) in [6.07, 6.45) is 0. The van der Waals surface area contributed by atoms with Crippen LogP contribution < -0.4 is 15.4 Å². The zero-order chi connectivity index (χ0) is 15.2. The minimum absolute atomic E-state index is 0.125. The van der Waals surface area contributed by atoms with Gasteiger partial charge in [-0.25, -0.2) is 4.79 Å². The number of rotatable bonds is 4. The van der Waals surface area contributed by atoms with E-state index >= 15 is 0 Å². The summed E-state index contributed by atoms with van der Waals surface area (Å²) < 4.78 is 5.44. The van der Waals surface area contributed by atoms with E-state index in [2.05, 4.69) is 16.7 Å². The summed E-state index contributed by atoms with van der Waals surface area (Å²) in [4.78, 5) is 11.8. The van der Waals surface area contributed by atoms with Gasteiger partial charge in [0.25, 0.3) is 0 Å². The SMILES string of the molecule is Cc1ccc(OCNC(=O)Nc2cc(C)cc(C)c2)cc1. The maximum absolute atomic E-state index is 11.8. The van der Waals surface area contributed by atoms with Gasteiger partial charge in [0.15, 0.2) is 6.73 Å². The molecule has 4 nitrogen and oxygen atoms in total. The minimum atomic E-state index is -0.285. The molecule has 2 aromatic rings. The fourth-order valence-electron chi connectivity index (χ4n) is 2.04. The predicted octanol–water partition coefficient (Wildman–Crippen LogP) is 3.77. The minimum Gasteiger partial charge on any atom is -0.473 e. The zero-order valence-electron chi connectivity index (χ0n) is 12.6. The van der Waals surface area contributed by atoms with Crippen molar-refractivity contribution in [1.29, 1.82) is 0 Å². The highest BCUT2D eigenvalue weighted by atomic mass is 16.5. The van der Waals surface area contributed by atoms with Crippen molar-refractivity contribution in [2.75, 3.05) is 12.0 Å². The van der Waals surface area contributed by atoms with E-state index in [4.69, 9.17) is 4.74 Å². The van der Waals surface area contributed by atoms with Crippen LogP contribution in [0.5, 0.6) is 5.75 Å². The molecule has 110 valence electrons. The summed E-state index contributed by atoms with van der Waals surface area (Å²) in [6.45, 7) is 6.13. The number of amides is 2. The predicted molar refractivity (Wildman–Crippen MR) is 84.7 cm³/mol. The second-order valence-electron chi connectivity index (χ2n) is 5.11. The Labute approximate surface area is 125 Å². The molecule has 0 bridgehead atoms. The van der Waals surface area contributed by atoms with Crippen molar-refractivity contribution in [2.24, 2.45) is 0 Å². The van der Waals surface area contributed by atoms with Crippen molar-refractivity contribution < 1.29 is 9.53 Å². The lowest BCUT2D eigenvalue weighted by Gasteiger charge is -2.10. The first kappa shape index (κ1) is 14.9. The summed E-state index contributed by atoms with van der Waals surface area (Å²) in [5, 5.41) is 5.45. The van der Waals surface area contributed by atoms with E-state index in [9.17, 15) is 4.79 Å². The van der Waals surface area contributed by atoms with Gasteiger partial charge >= 0.3 is 6.03 Å². The molecule has 21 heavy (non-hydrogen) atoms. The number of hydrogen-bond acceptors (Lipinski definition) is 2. The highest BCUT2D eigenvalue weighted by Gasteiger charge is 2.02. The van der Waals surface area contributed by atoms with Gasteiger partial charge in [-0.2, -0.15) is 0 Å². The molecule has 0 aromatic heterocycles. The average Bonchev–Trinajstić information content (AvgIpc) is 2.39. The van der Waals surface area contributed by atoms with Crippen LogP contribution in [0, 0.1) is 20.8 Å². The van der Waals surface area contributed by atoms with Gasteiger partial charge in [0.1, 0.15) is 5.75 Å². The lowest BCUT2D eigenvalue weighted by Crippen LogP contribution is -2.32. The highest BCUT2D eigenvalue weighted by Crippen LogP contribution is 2.13. The van der Waals surface area contributed by atoms with Gasteiger partial charge in [-0.15, -0.1) is 0 Å². The van der Waals surface area contributed by atoms with E-state index in [0.717, 1.165) is 22.6 Å². The molecule has 4 heteroatoms. The van der Waals surface area contributed by atoms with Crippen molar-refractivity contribution >= 4 is 11.7 Å². The third kappa shape index (κ3) is 4.84. The number of carbonyl (C=O) groups is 1. The summed E-state index contributed by atoms with van der Waals surface area (Å²) in [5.41, 5.74) is 4.17. The number of anilines is 1. The lowest BCUT2D eigenvalue weighted by molar-refractivity contribution is 0.234. The second kappa shape index (κ2) is 6.79. The fraction of sp³-hybridized carbons (Fsp3) is 0.235. The second-order valence-corrected chi connectivity index (χ2v) is 5.11. The molecule has 0 aliphatic heterocycles. The van der Waals surface area contributed by atoms with Gasteiger partial charge in [0.2, 0.25) is 0 Å². The van der Waals surface area contributed by atoms with E-state index in [1.807, 2.05) is 57.2 Å². The summed E-state index contributed by atoms with van der Waals surface area (Å²) >= 11 is 0. The molecule has 0 radical (unpaired) electrons. The molecule has 0 spiro atoms. The molecule has 2 N–H and O–H groups in total. The topological polar surface area (TPSA) is 50.4 Å². The van der Waals surface area contributed by atoms with Crippen LogP contribution in [0.25, 0.3) is 0 Å². The Morgan fingerprint density at radius 3 is 2.19 bits per heavy atom. The molecule has 0 saturated carbocycles. The Kier molecular flexibility index (Phi) is 4.82. The number of nitrogens with one attached hydrogen (secondary N) is 2. The van der Waals surface area contributed by atoms with Gasteiger partial charge < -0.3 is 15.4 Å². The highest BCUT2D eigenvalue weighted by molar-refractivity contribution is 5.89. The quantitative estimate of drug-likeness (QED) is 0.840. The van der Waals surface area contributed by atoms with Gasteiger partial charge in [-0.05, 0) is 56.2 Å². The number of benzene rings is 2. The van der Waals surface area contributed by atoms with Gasteiger partial charge in [0, 0.05) is 5.69 Å². The first-order valence-corrected chi connectivity index (χ1v) is 6.85. The largest absolute Gasteiger partial charge is 0.473 e. The van der Waals surface area contributed by atoms with Gasteiger partial charge in [0.05, 0.1) is 0 Å². The van der Waals surface area contributed by atoms with E-state index in [1.54, 1.807) is 0 Å². The molecular formula is C17H20N2O2. The summed E-state index contributed by atoms with van der Waals surface area (Å²) in [6, 6.07) is 13.3. The van der Waals surface area contributed by atoms with Crippen molar-refractivity contribution in [3.63, 3.8) is 0 Å². The van der Waals surface area contributed by atoms with Crippen LogP contribution in [-0.2, 0) is 0 Å².